The SMILES string of the molecule is Cl.NC(CO)(CO)CCc1ccc(OCCCCC2CCCCC2)c(C(F)(F)F)c1. The summed E-state index contributed by atoms with van der Waals surface area (Å²) in [5.74, 6) is 0.614. The maximum Gasteiger partial charge on any atom is 0.419 e. The Kier molecular flexibility index (Phi) is 11.5. The average Bonchev–Trinajstić information content (AvgIpc) is 2.72. The molecule has 1 saturated carbocycles. The van der Waals surface area contributed by atoms with Gasteiger partial charge < -0.3 is 20.7 Å². The van der Waals surface area contributed by atoms with Crippen LogP contribution in [0.5, 0.6) is 5.75 Å². The van der Waals surface area contributed by atoms with Crippen LogP contribution in [-0.4, -0.2) is 35.6 Å². The third-order valence-electron chi connectivity index (χ3n) is 5.88. The Morgan fingerprint density at radius 1 is 1.03 bits per heavy atom. The molecule has 0 unspecified atom stereocenters. The summed E-state index contributed by atoms with van der Waals surface area (Å²) in [5, 5.41) is 18.5. The molecule has 1 aliphatic carbocycles. The minimum atomic E-state index is -4.51. The molecule has 0 radical (unpaired) electrons. The zero-order chi connectivity index (χ0) is 21.3. The van der Waals surface area contributed by atoms with Crippen LogP contribution in [0.3, 0.4) is 0 Å². The Balaban J connectivity index is 0.00000450. The number of benzene rings is 1. The van der Waals surface area contributed by atoms with Crippen LogP contribution in [0.4, 0.5) is 13.2 Å². The van der Waals surface area contributed by atoms with Crippen molar-refractivity contribution in [3.8, 4) is 5.75 Å². The molecule has 4 N–H and O–H groups in total. The standard InChI is InChI=1S/C22H34F3NO3.ClH/c23-22(24,25)19-14-18(11-12-21(26,15-27)16-28)9-10-20(19)29-13-5-4-8-17-6-2-1-3-7-17;/h9-10,14,17,27-28H,1-8,11-13,15-16,26H2;1H. The third-order valence-corrected chi connectivity index (χ3v) is 5.88. The number of hydrogen-bond acceptors (Lipinski definition) is 4. The lowest BCUT2D eigenvalue weighted by atomic mass is 9.86. The number of aliphatic hydroxyl groups excluding tert-OH is 2. The molecule has 0 amide bonds. The number of ether oxygens (including phenoxy) is 1. The Bertz CT molecular complexity index is 618. The molecule has 0 aliphatic heterocycles. The van der Waals surface area contributed by atoms with Crippen molar-refractivity contribution < 1.29 is 28.1 Å². The van der Waals surface area contributed by atoms with Crippen LogP contribution < -0.4 is 10.5 Å². The summed E-state index contributed by atoms with van der Waals surface area (Å²) in [7, 11) is 0. The van der Waals surface area contributed by atoms with E-state index in [0.29, 0.717) is 5.56 Å². The molecule has 2 rings (SSSR count). The summed E-state index contributed by atoms with van der Waals surface area (Å²) in [6.07, 6.45) is 5.21. The van der Waals surface area contributed by atoms with Gasteiger partial charge in [-0.25, -0.2) is 0 Å². The third kappa shape index (κ3) is 8.61. The van der Waals surface area contributed by atoms with Gasteiger partial charge >= 0.3 is 6.18 Å². The van der Waals surface area contributed by atoms with Crippen LogP contribution >= 0.6 is 12.4 Å². The second-order valence-corrected chi connectivity index (χ2v) is 8.36. The first kappa shape index (κ1) is 27.0. The van der Waals surface area contributed by atoms with Crippen molar-refractivity contribution in [1.29, 1.82) is 0 Å². The average molecular weight is 454 g/mol. The van der Waals surface area contributed by atoms with Crippen LogP contribution in [0, 0.1) is 5.92 Å². The fourth-order valence-electron chi connectivity index (χ4n) is 3.87. The number of nitrogens with two attached hydrogens (primary N) is 1. The molecule has 30 heavy (non-hydrogen) atoms. The van der Waals surface area contributed by atoms with Crippen molar-refractivity contribution in [2.45, 2.75) is 75.9 Å². The van der Waals surface area contributed by atoms with Crippen molar-refractivity contribution in [2.75, 3.05) is 19.8 Å². The molecule has 0 spiro atoms. The molecule has 0 aromatic heterocycles. The molecule has 4 nitrogen and oxygen atoms in total. The molecule has 0 saturated heterocycles. The summed E-state index contributed by atoms with van der Waals surface area (Å²) in [6.45, 7) is -0.592. The normalized spacial score (nSPS) is 15.7. The number of rotatable bonds is 11. The van der Waals surface area contributed by atoms with Gasteiger partial charge in [-0.05, 0) is 49.3 Å². The first-order valence-corrected chi connectivity index (χ1v) is 10.6. The fourth-order valence-corrected chi connectivity index (χ4v) is 3.87. The minimum Gasteiger partial charge on any atom is -0.493 e. The van der Waals surface area contributed by atoms with Gasteiger partial charge in [0.2, 0.25) is 0 Å². The summed E-state index contributed by atoms with van der Waals surface area (Å²) < 4.78 is 45.9. The Labute approximate surface area is 183 Å². The van der Waals surface area contributed by atoms with E-state index in [4.69, 9.17) is 10.5 Å². The van der Waals surface area contributed by atoms with Crippen molar-refractivity contribution >= 4 is 12.4 Å². The van der Waals surface area contributed by atoms with E-state index in [1.807, 2.05) is 0 Å². The summed E-state index contributed by atoms with van der Waals surface area (Å²) >= 11 is 0. The van der Waals surface area contributed by atoms with Gasteiger partial charge in [0.15, 0.2) is 0 Å². The second-order valence-electron chi connectivity index (χ2n) is 8.36. The largest absolute Gasteiger partial charge is 0.493 e. The van der Waals surface area contributed by atoms with Gasteiger partial charge in [-0.1, -0.05) is 44.6 Å². The first-order chi connectivity index (χ1) is 13.8. The van der Waals surface area contributed by atoms with Crippen LogP contribution in [0.2, 0.25) is 0 Å². The Hall–Kier alpha value is -1.02. The highest BCUT2D eigenvalue weighted by Crippen LogP contribution is 2.37. The fraction of sp³-hybridized carbons (Fsp3) is 0.727. The molecule has 0 atom stereocenters. The van der Waals surface area contributed by atoms with E-state index in [2.05, 4.69) is 0 Å². The maximum atomic E-state index is 13.5. The second kappa shape index (κ2) is 12.7. The number of aryl methyl sites for hydroxylation is 1. The summed E-state index contributed by atoms with van der Waals surface area (Å²) in [4.78, 5) is 0. The van der Waals surface area contributed by atoms with Crippen molar-refractivity contribution in [2.24, 2.45) is 11.7 Å². The monoisotopic (exact) mass is 453 g/mol. The maximum absolute atomic E-state index is 13.5. The predicted octanol–water partition coefficient (Wildman–Crippen LogP) is 4.87. The lowest BCUT2D eigenvalue weighted by Crippen LogP contribution is -2.47. The van der Waals surface area contributed by atoms with Crippen molar-refractivity contribution in [3.05, 3.63) is 29.3 Å². The highest BCUT2D eigenvalue weighted by Gasteiger charge is 2.35. The van der Waals surface area contributed by atoms with Gasteiger partial charge in [-0.3, -0.25) is 0 Å². The molecular formula is C22H35ClF3NO3. The number of alkyl halides is 3. The van der Waals surface area contributed by atoms with Crippen LogP contribution in [0.15, 0.2) is 18.2 Å². The number of unbranched alkanes of at least 4 members (excludes halogenated alkanes) is 1. The number of aliphatic hydroxyl groups is 2. The lowest BCUT2D eigenvalue weighted by molar-refractivity contribution is -0.139. The van der Waals surface area contributed by atoms with Gasteiger partial charge in [-0.2, -0.15) is 13.2 Å². The Morgan fingerprint density at radius 3 is 2.30 bits per heavy atom. The van der Waals surface area contributed by atoms with Crippen LogP contribution in [0.1, 0.15) is 68.9 Å². The van der Waals surface area contributed by atoms with Gasteiger partial charge in [0.05, 0.1) is 30.9 Å². The van der Waals surface area contributed by atoms with E-state index < -0.39 is 30.5 Å². The minimum absolute atomic E-state index is 0. The van der Waals surface area contributed by atoms with E-state index in [0.717, 1.165) is 31.2 Å². The molecule has 0 heterocycles. The molecule has 1 aliphatic rings. The van der Waals surface area contributed by atoms with E-state index in [-0.39, 0.29) is 37.6 Å². The lowest BCUT2D eigenvalue weighted by Gasteiger charge is -2.24. The van der Waals surface area contributed by atoms with Gasteiger partial charge in [0, 0.05) is 0 Å². The molecule has 1 aromatic rings. The highest BCUT2D eigenvalue weighted by atomic mass is 35.5. The van der Waals surface area contributed by atoms with Gasteiger partial charge in [0.25, 0.3) is 0 Å². The van der Waals surface area contributed by atoms with E-state index in [1.54, 1.807) is 6.07 Å². The number of hydrogen-bond donors (Lipinski definition) is 3. The summed E-state index contributed by atoms with van der Waals surface area (Å²) in [5.41, 5.74) is 4.25. The smallest absolute Gasteiger partial charge is 0.419 e. The molecule has 1 fully saturated rings. The van der Waals surface area contributed by atoms with Crippen LogP contribution in [-0.2, 0) is 12.6 Å². The predicted molar refractivity (Wildman–Crippen MR) is 114 cm³/mol. The van der Waals surface area contributed by atoms with Crippen molar-refractivity contribution in [1.82, 2.24) is 0 Å². The topological polar surface area (TPSA) is 75.7 Å². The van der Waals surface area contributed by atoms with E-state index in [1.165, 1.54) is 38.2 Å². The van der Waals surface area contributed by atoms with Gasteiger partial charge in [0.1, 0.15) is 5.75 Å². The van der Waals surface area contributed by atoms with Crippen LogP contribution in [0.25, 0.3) is 0 Å². The molecule has 0 bridgehead atoms. The van der Waals surface area contributed by atoms with Crippen molar-refractivity contribution in [3.63, 3.8) is 0 Å². The quantitative estimate of drug-likeness (QED) is 0.418. The molecule has 8 heteroatoms. The molecule has 1 aromatic carbocycles. The van der Waals surface area contributed by atoms with Gasteiger partial charge in [-0.15, -0.1) is 12.4 Å². The highest BCUT2D eigenvalue weighted by molar-refractivity contribution is 5.85. The van der Waals surface area contributed by atoms with E-state index >= 15 is 0 Å². The molecular weight excluding hydrogens is 419 g/mol. The zero-order valence-corrected chi connectivity index (χ0v) is 18.2. The summed E-state index contributed by atoms with van der Waals surface area (Å²) in [6, 6.07) is 4.02. The zero-order valence-electron chi connectivity index (χ0n) is 17.4. The number of halogens is 4. The van der Waals surface area contributed by atoms with E-state index in [9.17, 15) is 23.4 Å². The molecule has 174 valence electrons. The Morgan fingerprint density at radius 2 is 1.70 bits per heavy atom. The first-order valence-electron chi connectivity index (χ1n) is 10.6.